The maximum absolute atomic E-state index is 12.9. The number of amides is 3. The molecule has 0 radical (unpaired) electrons. The predicted molar refractivity (Wildman–Crippen MR) is 89.5 cm³/mol. The molecule has 3 rings (SSSR count). The molecule has 2 aliphatic heterocycles. The normalized spacial score (nSPS) is 23.9. The summed E-state index contributed by atoms with van der Waals surface area (Å²) in [5, 5.41) is 7.47. The van der Waals surface area contributed by atoms with E-state index in [4.69, 9.17) is 0 Å². The molecule has 2 aliphatic rings. The molecule has 3 heterocycles. The van der Waals surface area contributed by atoms with E-state index >= 15 is 0 Å². The fourth-order valence-electron chi connectivity index (χ4n) is 3.78. The number of likely N-dealkylation sites (tertiary alicyclic amines) is 1. The van der Waals surface area contributed by atoms with Gasteiger partial charge >= 0.3 is 0 Å². The number of rotatable bonds is 2. The van der Waals surface area contributed by atoms with Crippen LogP contribution in [0.3, 0.4) is 0 Å². The Balaban J connectivity index is 1.88. The Morgan fingerprint density at radius 2 is 1.88 bits per heavy atom. The minimum atomic E-state index is -0.411. The average molecular weight is 345 g/mol. The van der Waals surface area contributed by atoms with Crippen LogP contribution in [0.5, 0.6) is 0 Å². The van der Waals surface area contributed by atoms with Gasteiger partial charge in [-0.25, -0.2) is 0 Å². The summed E-state index contributed by atoms with van der Waals surface area (Å²) in [6.07, 6.45) is 3.30. The van der Waals surface area contributed by atoms with Gasteiger partial charge in [0.1, 0.15) is 0 Å². The Hall–Kier alpha value is -2.51. The number of carbonyl (C=O) groups is 3. The Kier molecular flexibility index (Phi) is 4.69. The van der Waals surface area contributed by atoms with Crippen LogP contribution in [0.15, 0.2) is 18.5 Å². The van der Waals surface area contributed by atoms with Crippen LogP contribution in [0, 0.1) is 5.41 Å². The van der Waals surface area contributed by atoms with Gasteiger partial charge in [0.25, 0.3) is 5.91 Å². The van der Waals surface area contributed by atoms with Gasteiger partial charge in [0, 0.05) is 58.0 Å². The van der Waals surface area contributed by atoms with E-state index in [1.807, 2.05) is 6.92 Å². The first-order valence-corrected chi connectivity index (χ1v) is 8.53. The zero-order chi connectivity index (χ0) is 18.0. The smallest absolute Gasteiger partial charge is 0.255 e. The molecule has 3 amide bonds. The fourth-order valence-corrected chi connectivity index (χ4v) is 3.78. The van der Waals surface area contributed by atoms with Crippen molar-refractivity contribution in [3.63, 3.8) is 0 Å². The molecule has 134 valence electrons. The Bertz CT molecular complexity index is 680. The minimum Gasteiger partial charge on any atom is -0.342 e. The Morgan fingerprint density at radius 3 is 2.48 bits per heavy atom. The topological polar surface area (TPSA) is 86.7 Å². The van der Waals surface area contributed by atoms with Crippen LogP contribution in [0.25, 0.3) is 0 Å². The lowest BCUT2D eigenvalue weighted by Gasteiger charge is -2.33. The van der Waals surface area contributed by atoms with Crippen LogP contribution in [-0.2, 0) is 9.59 Å². The minimum absolute atomic E-state index is 0.0263. The summed E-state index contributed by atoms with van der Waals surface area (Å²) in [5.41, 5.74) is 0.0591. The van der Waals surface area contributed by atoms with E-state index in [1.165, 1.54) is 19.3 Å². The lowest BCUT2D eigenvalue weighted by atomic mass is 9.85. The van der Waals surface area contributed by atoms with Gasteiger partial charge in [-0.2, -0.15) is 10.2 Å². The van der Waals surface area contributed by atoms with E-state index in [2.05, 4.69) is 10.2 Å². The van der Waals surface area contributed by atoms with Gasteiger partial charge in [-0.3, -0.25) is 14.4 Å². The number of aromatic nitrogens is 2. The average Bonchev–Trinajstić information content (AvgIpc) is 2.80. The molecule has 0 aromatic carbocycles. The summed E-state index contributed by atoms with van der Waals surface area (Å²) in [5.74, 6) is -0.0744. The lowest BCUT2D eigenvalue weighted by molar-refractivity contribution is -0.130. The number of carbonyl (C=O) groups excluding carboxylic acids is 3. The van der Waals surface area contributed by atoms with Gasteiger partial charge in [0.15, 0.2) is 0 Å². The van der Waals surface area contributed by atoms with Crippen molar-refractivity contribution in [3.05, 3.63) is 24.0 Å². The van der Waals surface area contributed by atoms with Crippen molar-refractivity contribution >= 4 is 17.7 Å². The maximum atomic E-state index is 12.9. The quantitative estimate of drug-likeness (QED) is 0.754. The SMILES string of the molecule is CCN1CC2(CC1=O)CN(C(C)=O)CCN(C(=O)c1ccnnc1)C2. The summed E-state index contributed by atoms with van der Waals surface area (Å²) >= 11 is 0. The van der Waals surface area contributed by atoms with Crippen LogP contribution in [0.4, 0.5) is 0 Å². The standard InChI is InChI=1S/C17H23N5O3/c1-3-20-10-17(8-15(20)24)11-21(13(2)23)6-7-22(12-17)16(25)14-4-5-18-19-9-14/h4-5,9H,3,6-8,10-12H2,1-2H3. The molecule has 0 N–H and O–H groups in total. The highest BCUT2D eigenvalue weighted by atomic mass is 16.2. The van der Waals surface area contributed by atoms with Crippen LogP contribution in [0.2, 0.25) is 0 Å². The van der Waals surface area contributed by atoms with Gasteiger partial charge in [-0.1, -0.05) is 0 Å². The second-order valence-corrected chi connectivity index (χ2v) is 6.88. The van der Waals surface area contributed by atoms with Crippen molar-refractivity contribution < 1.29 is 14.4 Å². The summed E-state index contributed by atoms with van der Waals surface area (Å²) in [6.45, 7) is 6.58. The molecule has 25 heavy (non-hydrogen) atoms. The molecule has 0 saturated carbocycles. The van der Waals surface area contributed by atoms with Crippen LogP contribution in [-0.4, -0.2) is 81.9 Å². The largest absolute Gasteiger partial charge is 0.342 e. The molecular weight excluding hydrogens is 322 g/mol. The van der Waals surface area contributed by atoms with Crippen molar-refractivity contribution in [2.75, 3.05) is 39.3 Å². The summed E-state index contributed by atoms with van der Waals surface area (Å²) in [4.78, 5) is 42.5. The second-order valence-electron chi connectivity index (χ2n) is 6.88. The summed E-state index contributed by atoms with van der Waals surface area (Å²) < 4.78 is 0. The van der Waals surface area contributed by atoms with E-state index in [0.29, 0.717) is 51.3 Å². The first-order valence-electron chi connectivity index (χ1n) is 8.53. The molecule has 0 bridgehead atoms. The second kappa shape index (κ2) is 6.78. The third kappa shape index (κ3) is 3.47. The molecule has 8 heteroatoms. The number of hydrogen-bond donors (Lipinski definition) is 0. The van der Waals surface area contributed by atoms with E-state index < -0.39 is 5.41 Å². The third-order valence-electron chi connectivity index (χ3n) is 5.04. The van der Waals surface area contributed by atoms with Gasteiger partial charge in [0.2, 0.25) is 11.8 Å². The highest BCUT2D eigenvalue weighted by Crippen LogP contribution is 2.35. The zero-order valence-corrected chi connectivity index (χ0v) is 14.6. The highest BCUT2D eigenvalue weighted by molar-refractivity contribution is 5.94. The third-order valence-corrected chi connectivity index (χ3v) is 5.04. The molecular formula is C17H23N5O3. The summed E-state index contributed by atoms with van der Waals surface area (Å²) in [7, 11) is 0. The Morgan fingerprint density at radius 1 is 1.16 bits per heavy atom. The fraction of sp³-hybridized carbons (Fsp3) is 0.588. The van der Waals surface area contributed by atoms with Gasteiger partial charge < -0.3 is 14.7 Å². The molecule has 1 spiro atoms. The predicted octanol–water partition coefficient (Wildman–Crippen LogP) is 0.0195. The van der Waals surface area contributed by atoms with Crippen molar-refractivity contribution in [1.29, 1.82) is 0 Å². The van der Waals surface area contributed by atoms with Gasteiger partial charge in [-0.15, -0.1) is 0 Å². The van der Waals surface area contributed by atoms with E-state index in [-0.39, 0.29) is 17.7 Å². The lowest BCUT2D eigenvalue weighted by Crippen LogP contribution is -2.45. The molecule has 1 atom stereocenters. The van der Waals surface area contributed by atoms with Crippen molar-refractivity contribution in [2.45, 2.75) is 20.3 Å². The zero-order valence-electron chi connectivity index (χ0n) is 14.6. The molecule has 0 aliphatic carbocycles. The van der Waals surface area contributed by atoms with Crippen molar-refractivity contribution in [2.24, 2.45) is 5.41 Å². The molecule has 1 aromatic heterocycles. The molecule has 2 fully saturated rings. The van der Waals surface area contributed by atoms with Crippen molar-refractivity contribution in [1.82, 2.24) is 24.9 Å². The first kappa shape index (κ1) is 17.3. The number of nitrogens with zero attached hydrogens (tertiary/aromatic N) is 5. The molecule has 2 saturated heterocycles. The number of hydrogen-bond acceptors (Lipinski definition) is 5. The monoisotopic (exact) mass is 345 g/mol. The van der Waals surface area contributed by atoms with E-state index in [1.54, 1.807) is 20.8 Å². The molecule has 1 aromatic rings. The summed E-state index contributed by atoms with van der Waals surface area (Å²) in [6, 6.07) is 1.63. The van der Waals surface area contributed by atoms with Crippen molar-refractivity contribution in [3.8, 4) is 0 Å². The Labute approximate surface area is 146 Å². The first-order chi connectivity index (χ1) is 11.9. The molecule has 8 nitrogen and oxygen atoms in total. The maximum Gasteiger partial charge on any atom is 0.255 e. The van der Waals surface area contributed by atoms with Gasteiger partial charge in [-0.05, 0) is 13.0 Å². The van der Waals surface area contributed by atoms with Crippen LogP contribution < -0.4 is 0 Å². The van der Waals surface area contributed by atoms with E-state index in [0.717, 1.165) is 0 Å². The highest BCUT2D eigenvalue weighted by Gasteiger charge is 2.47. The van der Waals surface area contributed by atoms with Crippen LogP contribution >= 0.6 is 0 Å². The van der Waals surface area contributed by atoms with Crippen LogP contribution in [0.1, 0.15) is 30.6 Å². The van der Waals surface area contributed by atoms with E-state index in [9.17, 15) is 14.4 Å². The molecule has 1 unspecified atom stereocenters. The van der Waals surface area contributed by atoms with Gasteiger partial charge in [0.05, 0.1) is 18.0 Å².